The Bertz CT molecular complexity index is 989. The summed E-state index contributed by atoms with van der Waals surface area (Å²) in [6.45, 7) is 1.30. The molecule has 3 unspecified atom stereocenters. The van der Waals surface area contributed by atoms with E-state index < -0.39 is 17.0 Å². The van der Waals surface area contributed by atoms with E-state index in [9.17, 15) is 14.0 Å². The van der Waals surface area contributed by atoms with Gasteiger partial charge < -0.3 is 11.1 Å². The van der Waals surface area contributed by atoms with Crippen LogP contribution < -0.4 is 11.1 Å². The summed E-state index contributed by atoms with van der Waals surface area (Å²) in [7, 11) is 0. The fraction of sp³-hybridized carbons (Fsp3) is 0.381. The molecule has 2 aliphatic heterocycles. The van der Waals surface area contributed by atoms with Crippen molar-refractivity contribution in [2.75, 3.05) is 13.1 Å². The molecule has 1 saturated carbocycles. The Morgan fingerprint density at radius 2 is 2.14 bits per heavy atom. The maximum atomic E-state index is 14.4. The van der Waals surface area contributed by atoms with Gasteiger partial charge in [-0.3, -0.25) is 14.6 Å². The zero-order valence-corrected chi connectivity index (χ0v) is 16.5. The zero-order valence-electron chi connectivity index (χ0n) is 15.7. The van der Waals surface area contributed by atoms with Gasteiger partial charge in [0.1, 0.15) is 17.1 Å². The van der Waals surface area contributed by atoms with Crippen LogP contribution in [-0.2, 0) is 4.79 Å². The van der Waals surface area contributed by atoms with Crippen LogP contribution in [0.2, 0.25) is 0 Å². The lowest BCUT2D eigenvalue weighted by molar-refractivity contribution is -0.126. The molecule has 2 aliphatic carbocycles. The van der Waals surface area contributed by atoms with E-state index in [1.165, 1.54) is 5.57 Å². The van der Waals surface area contributed by atoms with Crippen molar-refractivity contribution < 1.29 is 14.0 Å². The molecule has 8 heteroatoms. The number of hydrogen-bond acceptors (Lipinski definition) is 6. The summed E-state index contributed by atoms with van der Waals surface area (Å²) in [5.74, 6) is -1.16. The molecule has 1 fully saturated rings. The molecule has 1 aromatic carbocycles. The van der Waals surface area contributed by atoms with Crippen molar-refractivity contribution in [2.45, 2.75) is 35.2 Å². The van der Waals surface area contributed by atoms with E-state index in [0.717, 1.165) is 17.9 Å². The Morgan fingerprint density at radius 3 is 2.90 bits per heavy atom. The Morgan fingerprint density at radius 1 is 1.34 bits per heavy atom. The topological polar surface area (TPSA) is 87.8 Å². The first-order chi connectivity index (χ1) is 13.9. The van der Waals surface area contributed by atoms with E-state index >= 15 is 0 Å². The molecule has 0 aromatic heterocycles. The second kappa shape index (κ2) is 6.53. The molecule has 150 valence electrons. The molecule has 1 amide bonds. The smallest absolute Gasteiger partial charge is 0.248 e. The first-order valence-corrected chi connectivity index (χ1v) is 10.4. The number of Topliss-reactive ketones (excluding diaryl/α,β-unsaturated/α-hetero) is 1. The predicted molar refractivity (Wildman–Crippen MR) is 109 cm³/mol. The molecule has 5 rings (SSSR count). The third-order valence-corrected chi connectivity index (χ3v) is 7.51. The lowest BCUT2D eigenvalue weighted by atomic mass is 9.56. The molecule has 3 N–H and O–H groups in total. The number of nitrogens with one attached hydrogen (secondary N) is 1. The van der Waals surface area contributed by atoms with E-state index in [4.69, 9.17) is 10.7 Å². The minimum Gasteiger partial charge on any atom is -0.366 e. The van der Waals surface area contributed by atoms with Crippen LogP contribution in [0, 0.1) is 5.92 Å². The van der Waals surface area contributed by atoms with Crippen molar-refractivity contribution in [3.8, 4) is 0 Å². The molecular formula is C21H21FN4O2S. The van der Waals surface area contributed by atoms with E-state index in [-0.39, 0.29) is 23.9 Å². The zero-order chi connectivity index (χ0) is 20.2. The maximum absolute atomic E-state index is 14.4. The first-order valence-electron chi connectivity index (χ1n) is 9.67. The molecule has 29 heavy (non-hydrogen) atoms. The van der Waals surface area contributed by atoms with Gasteiger partial charge in [-0.1, -0.05) is 6.08 Å². The average molecular weight is 412 g/mol. The fourth-order valence-corrected chi connectivity index (χ4v) is 6.14. The van der Waals surface area contributed by atoms with Crippen LogP contribution >= 0.6 is 11.9 Å². The van der Waals surface area contributed by atoms with Gasteiger partial charge in [0, 0.05) is 29.5 Å². The highest BCUT2D eigenvalue weighted by Gasteiger charge is 2.65. The van der Waals surface area contributed by atoms with Gasteiger partial charge in [0.2, 0.25) is 5.91 Å². The van der Waals surface area contributed by atoms with Crippen molar-refractivity contribution in [1.82, 2.24) is 9.62 Å². The van der Waals surface area contributed by atoms with Gasteiger partial charge in [-0.05, 0) is 60.7 Å². The quantitative estimate of drug-likeness (QED) is 0.588. The fourth-order valence-electron chi connectivity index (χ4n) is 5.19. The number of ketones is 1. The molecule has 0 radical (unpaired) electrons. The monoisotopic (exact) mass is 412 g/mol. The molecule has 2 heterocycles. The number of nitrogens with zero attached hydrogens (tertiary/aromatic N) is 2. The van der Waals surface area contributed by atoms with Gasteiger partial charge in [0.15, 0.2) is 0 Å². The average Bonchev–Trinajstić information content (AvgIpc) is 3.03. The summed E-state index contributed by atoms with van der Waals surface area (Å²) in [6, 6.07) is 7.14. The minimum absolute atomic E-state index is 0.0479. The number of carbonyl (C=O) groups is 2. The van der Waals surface area contributed by atoms with Crippen molar-refractivity contribution in [3.05, 3.63) is 53.4 Å². The summed E-state index contributed by atoms with van der Waals surface area (Å²) in [4.78, 5) is 29.7. The van der Waals surface area contributed by atoms with E-state index in [1.54, 1.807) is 36.5 Å². The number of benzene rings is 1. The third-order valence-electron chi connectivity index (χ3n) is 6.49. The largest absolute Gasteiger partial charge is 0.366 e. The van der Waals surface area contributed by atoms with Gasteiger partial charge in [-0.25, -0.2) is 8.70 Å². The van der Waals surface area contributed by atoms with Crippen molar-refractivity contribution >= 4 is 30.0 Å². The Balaban J connectivity index is 1.47. The summed E-state index contributed by atoms with van der Waals surface area (Å²) in [5, 5.41) is 3.27. The van der Waals surface area contributed by atoms with Gasteiger partial charge in [-0.2, -0.15) is 0 Å². The Hall–Kier alpha value is -2.45. The molecule has 0 saturated heterocycles. The van der Waals surface area contributed by atoms with Gasteiger partial charge in [0.25, 0.3) is 0 Å². The second-order valence-electron chi connectivity index (χ2n) is 7.99. The SMILES string of the molecule is NC(=O)c1ccc(SN2CC=C3CCC4C(=O)CC(F)=CC45NC=NC35C2)cc1. The number of rotatable bonds is 3. The van der Waals surface area contributed by atoms with Crippen LogP contribution in [0.1, 0.15) is 29.6 Å². The second-order valence-corrected chi connectivity index (χ2v) is 9.16. The number of carbonyl (C=O) groups excluding carboxylic acids is 2. The van der Waals surface area contributed by atoms with Crippen LogP contribution in [0.3, 0.4) is 0 Å². The third kappa shape index (κ3) is 2.69. The summed E-state index contributed by atoms with van der Waals surface area (Å²) < 4.78 is 16.6. The van der Waals surface area contributed by atoms with Gasteiger partial charge >= 0.3 is 0 Å². The highest BCUT2D eigenvalue weighted by atomic mass is 32.2. The number of aliphatic imine (C=N–C) groups is 1. The molecule has 2 spiro atoms. The van der Waals surface area contributed by atoms with Crippen molar-refractivity contribution in [1.29, 1.82) is 0 Å². The predicted octanol–water partition coefficient (Wildman–Crippen LogP) is 2.38. The molecule has 0 bridgehead atoms. The van der Waals surface area contributed by atoms with E-state index in [0.29, 0.717) is 18.5 Å². The molecule has 1 aromatic rings. The normalized spacial score (nSPS) is 33.1. The van der Waals surface area contributed by atoms with Crippen LogP contribution in [0.25, 0.3) is 0 Å². The van der Waals surface area contributed by atoms with Crippen LogP contribution in [0.5, 0.6) is 0 Å². The lowest BCUT2D eigenvalue weighted by Crippen LogP contribution is -2.70. The Kier molecular flexibility index (Phi) is 4.18. The maximum Gasteiger partial charge on any atom is 0.248 e. The first kappa shape index (κ1) is 18.6. The number of amides is 1. The highest BCUT2D eigenvalue weighted by Crippen LogP contribution is 2.54. The number of nitrogens with two attached hydrogens (primary N) is 1. The molecule has 3 atom stereocenters. The number of halogens is 1. The number of primary amides is 1. The van der Waals surface area contributed by atoms with Gasteiger partial charge in [-0.15, -0.1) is 0 Å². The lowest BCUT2D eigenvalue weighted by Gasteiger charge is -2.55. The van der Waals surface area contributed by atoms with Gasteiger partial charge in [0.05, 0.1) is 18.3 Å². The summed E-state index contributed by atoms with van der Waals surface area (Å²) >= 11 is 1.56. The standard InChI is InChI=1S/C21H21FN4O2S/c22-15-9-18(27)17-6-3-14-7-8-26(11-21(14)20(17,10-15)24-12-25-21)29-16-4-1-13(2-5-16)19(23)28/h1-2,4-5,7,10,12,17H,3,6,8-9,11H2,(H2,23,28)(H,24,25). The molecule has 4 aliphatic rings. The van der Waals surface area contributed by atoms with Crippen molar-refractivity contribution in [2.24, 2.45) is 16.6 Å². The minimum atomic E-state index is -0.828. The van der Waals surface area contributed by atoms with Crippen LogP contribution in [0.4, 0.5) is 4.39 Å². The van der Waals surface area contributed by atoms with E-state index in [1.807, 2.05) is 12.1 Å². The number of hydrogen-bond donors (Lipinski definition) is 2. The summed E-state index contributed by atoms with van der Waals surface area (Å²) in [6.07, 6.45) is 6.82. The van der Waals surface area contributed by atoms with Crippen LogP contribution in [0.15, 0.2) is 57.7 Å². The molecule has 6 nitrogen and oxygen atoms in total. The Labute approximate surface area is 172 Å². The number of allylic oxidation sites excluding steroid dienone is 1. The molecular weight excluding hydrogens is 391 g/mol. The van der Waals surface area contributed by atoms with Crippen molar-refractivity contribution in [3.63, 3.8) is 0 Å². The van der Waals surface area contributed by atoms with E-state index in [2.05, 4.69) is 15.7 Å². The van der Waals surface area contributed by atoms with Crippen LogP contribution in [-0.4, -0.2) is 46.5 Å². The highest BCUT2D eigenvalue weighted by molar-refractivity contribution is 7.97. The summed E-state index contributed by atoms with van der Waals surface area (Å²) in [5.41, 5.74) is 5.45.